The van der Waals surface area contributed by atoms with E-state index in [0.717, 1.165) is 74.5 Å². The van der Waals surface area contributed by atoms with Gasteiger partial charge < -0.3 is 19.3 Å². The maximum atomic E-state index is 13.7. The number of nitrogens with zero attached hydrogens (tertiary/aromatic N) is 5. The summed E-state index contributed by atoms with van der Waals surface area (Å²) < 4.78 is 13.7. The van der Waals surface area contributed by atoms with Crippen LogP contribution in [0.3, 0.4) is 0 Å². The first-order valence-corrected chi connectivity index (χ1v) is 13.4. The Bertz CT molecular complexity index is 935. The normalized spacial score (nSPS) is 22.8. The predicted molar refractivity (Wildman–Crippen MR) is 132 cm³/mol. The van der Waals surface area contributed by atoms with E-state index < -0.39 is 0 Å². The monoisotopic (exact) mass is 485 g/mol. The minimum Gasteiger partial charge on any atom is -0.378 e. The molecule has 34 heavy (non-hydrogen) atoms. The lowest BCUT2D eigenvalue weighted by atomic mass is 10.00. The summed E-state index contributed by atoms with van der Waals surface area (Å²) in [5.74, 6) is 1.77. The summed E-state index contributed by atoms with van der Waals surface area (Å²) in [6.45, 7) is 8.27. The molecule has 3 aliphatic rings. The van der Waals surface area contributed by atoms with Crippen molar-refractivity contribution in [1.29, 1.82) is 0 Å². The SMILES string of the molecule is CC1CCN(c2nnc(SC(C(=O)N3CCOCC3)c3ccccc3)n2CC2CCCO2)CC1. The molecule has 8 nitrogen and oxygen atoms in total. The summed E-state index contributed by atoms with van der Waals surface area (Å²) in [4.78, 5) is 17.9. The van der Waals surface area contributed by atoms with E-state index in [0.29, 0.717) is 26.3 Å². The first kappa shape index (κ1) is 23.6. The Hall–Kier alpha value is -2.10. The number of anilines is 1. The van der Waals surface area contributed by atoms with Crippen LogP contribution in [0.1, 0.15) is 43.4 Å². The highest BCUT2D eigenvalue weighted by Crippen LogP contribution is 2.38. The van der Waals surface area contributed by atoms with Gasteiger partial charge in [0.1, 0.15) is 5.25 Å². The predicted octanol–water partition coefficient (Wildman–Crippen LogP) is 3.39. The molecule has 2 unspecified atom stereocenters. The highest BCUT2D eigenvalue weighted by Gasteiger charge is 2.32. The van der Waals surface area contributed by atoms with Crippen molar-refractivity contribution in [3.63, 3.8) is 0 Å². The Labute approximate surface area is 206 Å². The van der Waals surface area contributed by atoms with Crippen LogP contribution in [0, 0.1) is 5.92 Å². The standard InChI is InChI=1S/C25H35N5O3S/c1-19-9-11-29(12-10-19)24-26-27-25(30(24)18-21-8-5-15-33-21)34-22(20-6-3-2-4-7-20)23(31)28-13-16-32-17-14-28/h2-4,6-7,19,21-22H,5,8-18H2,1H3. The summed E-state index contributed by atoms with van der Waals surface area (Å²) >= 11 is 1.51. The smallest absolute Gasteiger partial charge is 0.240 e. The number of benzene rings is 1. The van der Waals surface area contributed by atoms with Gasteiger partial charge in [-0.2, -0.15) is 0 Å². The molecule has 4 heterocycles. The van der Waals surface area contributed by atoms with Crippen molar-refractivity contribution in [2.75, 3.05) is 50.9 Å². The number of thioether (sulfide) groups is 1. The number of morpholine rings is 1. The number of carbonyl (C=O) groups is 1. The van der Waals surface area contributed by atoms with Gasteiger partial charge in [0.25, 0.3) is 0 Å². The van der Waals surface area contributed by atoms with Crippen molar-refractivity contribution < 1.29 is 14.3 Å². The van der Waals surface area contributed by atoms with Gasteiger partial charge in [0.2, 0.25) is 11.9 Å². The van der Waals surface area contributed by atoms with E-state index in [1.807, 2.05) is 35.2 Å². The fraction of sp³-hybridized carbons (Fsp3) is 0.640. The molecule has 0 radical (unpaired) electrons. The Morgan fingerprint density at radius 3 is 2.53 bits per heavy atom. The number of rotatable bonds is 7. The molecular formula is C25H35N5O3S. The zero-order valence-electron chi connectivity index (χ0n) is 20.0. The molecule has 0 spiro atoms. The van der Waals surface area contributed by atoms with Gasteiger partial charge in [-0.3, -0.25) is 9.36 Å². The van der Waals surface area contributed by atoms with Gasteiger partial charge in [0.05, 0.1) is 25.9 Å². The van der Waals surface area contributed by atoms with E-state index >= 15 is 0 Å². The maximum Gasteiger partial charge on any atom is 0.240 e. The Morgan fingerprint density at radius 2 is 1.82 bits per heavy atom. The molecule has 0 aliphatic carbocycles. The quantitative estimate of drug-likeness (QED) is 0.557. The van der Waals surface area contributed by atoms with Crippen LogP contribution in [0.5, 0.6) is 0 Å². The third-order valence-electron chi connectivity index (χ3n) is 7.05. The van der Waals surface area contributed by atoms with Crippen molar-refractivity contribution in [3.05, 3.63) is 35.9 Å². The molecule has 3 fully saturated rings. The van der Waals surface area contributed by atoms with Crippen LogP contribution < -0.4 is 4.90 Å². The highest BCUT2D eigenvalue weighted by molar-refractivity contribution is 8.00. The number of ether oxygens (including phenoxy) is 2. The fourth-order valence-corrected chi connectivity index (χ4v) is 6.03. The molecule has 184 valence electrons. The number of amides is 1. The molecule has 3 saturated heterocycles. The van der Waals surface area contributed by atoms with E-state index in [4.69, 9.17) is 9.47 Å². The van der Waals surface area contributed by atoms with Crippen molar-refractivity contribution in [2.24, 2.45) is 5.92 Å². The summed E-state index contributed by atoms with van der Waals surface area (Å²) in [6, 6.07) is 10.0. The molecule has 2 atom stereocenters. The zero-order chi connectivity index (χ0) is 23.3. The lowest BCUT2D eigenvalue weighted by Gasteiger charge is -2.32. The van der Waals surface area contributed by atoms with E-state index in [1.165, 1.54) is 11.8 Å². The lowest BCUT2D eigenvalue weighted by molar-refractivity contribution is -0.134. The molecule has 2 aromatic rings. The first-order chi connectivity index (χ1) is 16.7. The highest BCUT2D eigenvalue weighted by atomic mass is 32.2. The molecule has 5 rings (SSSR count). The topological polar surface area (TPSA) is 72.7 Å². The Kier molecular flexibility index (Phi) is 7.71. The van der Waals surface area contributed by atoms with Gasteiger partial charge in [-0.25, -0.2) is 0 Å². The second-order valence-electron chi connectivity index (χ2n) is 9.54. The van der Waals surface area contributed by atoms with E-state index in [2.05, 4.69) is 26.6 Å². The third-order valence-corrected chi connectivity index (χ3v) is 8.27. The lowest BCUT2D eigenvalue weighted by Crippen LogP contribution is -2.42. The molecule has 9 heteroatoms. The Morgan fingerprint density at radius 1 is 1.06 bits per heavy atom. The average Bonchev–Trinajstić information content (AvgIpc) is 3.54. The molecule has 0 bridgehead atoms. The van der Waals surface area contributed by atoms with Crippen LogP contribution in [-0.2, 0) is 20.8 Å². The number of carbonyl (C=O) groups excluding carboxylic acids is 1. The van der Waals surface area contributed by atoms with Gasteiger partial charge in [0.15, 0.2) is 5.16 Å². The average molecular weight is 486 g/mol. The minimum atomic E-state index is -0.374. The van der Waals surface area contributed by atoms with Crippen LogP contribution in [0.4, 0.5) is 5.95 Å². The van der Waals surface area contributed by atoms with Gasteiger partial charge in [-0.05, 0) is 37.2 Å². The minimum absolute atomic E-state index is 0.111. The van der Waals surface area contributed by atoms with Gasteiger partial charge in [-0.1, -0.05) is 49.0 Å². The number of hydrogen-bond acceptors (Lipinski definition) is 7. The van der Waals surface area contributed by atoms with Gasteiger partial charge >= 0.3 is 0 Å². The zero-order valence-corrected chi connectivity index (χ0v) is 20.8. The molecule has 1 aromatic carbocycles. The molecular weight excluding hydrogens is 450 g/mol. The van der Waals surface area contributed by atoms with Crippen LogP contribution >= 0.6 is 11.8 Å². The summed E-state index contributed by atoms with van der Waals surface area (Å²) in [5.41, 5.74) is 0.990. The molecule has 1 amide bonds. The maximum absolute atomic E-state index is 13.7. The number of hydrogen-bond donors (Lipinski definition) is 0. The first-order valence-electron chi connectivity index (χ1n) is 12.6. The van der Waals surface area contributed by atoms with Crippen molar-refractivity contribution in [2.45, 2.75) is 55.7 Å². The summed E-state index contributed by atoms with van der Waals surface area (Å²) in [6.07, 6.45) is 4.64. The van der Waals surface area contributed by atoms with Crippen molar-refractivity contribution >= 4 is 23.6 Å². The van der Waals surface area contributed by atoms with E-state index in [1.54, 1.807) is 0 Å². The molecule has 0 N–H and O–H groups in total. The summed E-state index contributed by atoms with van der Waals surface area (Å²) in [7, 11) is 0. The van der Waals surface area contributed by atoms with Gasteiger partial charge in [-0.15, -0.1) is 10.2 Å². The fourth-order valence-electron chi connectivity index (χ4n) is 4.91. The van der Waals surface area contributed by atoms with Crippen LogP contribution in [-0.4, -0.2) is 77.7 Å². The van der Waals surface area contributed by atoms with E-state index in [-0.39, 0.29) is 17.3 Å². The van der Waals surface area contributed by atoms with Crippen LogP contribution in [0.15, 0.2) is 35.5 Å². The number of piperidine rings is 1. The van der Waals surface area contributed by atoms with Crippen molar-refractivity contribution in [1.82, 2.24) is 19.7 Å². The number of aromatic nitrogens is 3. The largest absolute Gasteiger partial charge is 0.378 e. The molecule has 0 saturated carbocycles. The molecule has 1 aromatic heterocycles. The van der Waals surface area contributed by atoms with Crippen molar-refractivity contribution in [3.8, 4) is 0 Å². The van der Waals surface area contributed by atoms with Crippen LogP contribution in [0.25, 0.3) is 0 Å². The molecule has 3 aliphatic heterocycles. The second-order valence-corrected chi connectivity index (χ2v) is 10.6. The van der Waals surface area contributed by atoms with Gasteiger partial charge in [0, 0.05) is 32.8 Å². The van der Waals surface area contributed by atoms with E-state index in [9.17, 15) is 4.79 Å². The third kappa shape index (κ3) is 5.42. The second kappa shape index (κ2) is 11.1. The Balaban J connectivity index is 1.44. The van der Waals surface area contributed by atoms with Crippen LogP contribution in [0.2, 0.25) is 0 Å². The summed E-state index contributed by atoms with van der Waals surface area (Å²) in [5, 5.41) is 9.69.